The number of carbonyl (C=O) groups excluding carboxylic acids is 1. The molecule has 1 aliphatic heterocycles. The molecule has 0 saturated carbocycles. The smallest absolute Gasteiger partial charge is 0.259 e. The number of benzene rings is 2. The van der Waals surface area contributed by atoms with E-state index < -0.39 is 15.9 Å². The highest BCUT2D eigenvalue weighted by molar-refractivity contribution is 7.89. The van der Waals surface area contributed by atoms with E-state index in [-0.39, 0.29) is 22.3 Å². The third kappa shape index (κ3) is 4.76. The highest BCUT2D eigenvalue weighted by atomic mass is 35.5. The molecule has 0 radical (unpaired) electrons. The van der Waals surface area contributed by atoms with Crippen molar-refractivity contribution in [3.63, 3.8) is 0 Å². The quantitative estimate of drug-likeness (QED) is 0.712. The molecule has 0 bridgehead atoms. The molecule has 0 unspecified atom stereocenters. The maximum atomic E-state index is 12.8. The van der Waals surface area contributed by atoms with Crippen molar-refractivity contribution in [2.75, 3.05) is 25.6 Å². The Bertz CT molecular complexity index is 991. The molecule has 2 aromatic carbocycles. The predicted octanol–water partition coefficient (Wildman–Crippen LogP) is 3.32. The Balaban J connectivity index is 1.90. The third-order valence-corrected chi connectivity index (χ3v) is 6.24. The fourth-order valence-electron chi connectivity index (χ4n) is 2.73. The first-order chi connectivity index (χ1) is 13.3. The van der Waals surface area contributed by atoms with Crippen molar-refractivity contribution in [2.24, 2.45) is 0 Å². The van der Waals surface area contributed by atoms with E-state index in [9.17, 15) is 13.2 Å². The van der Waals surface area contributed by atoms with Crippen LogP contribution in [0.1, 0.15) is 16.8 Å². The minimum Gasteiger partial charge on any atom is -0.496 e. The van der Waals surface area contributed by atoms with Crippen LogP contribution in [-0.4, -0.2) is 40.7 Å². The predicted molar refractivity (Wildman–Crippen MR) is 107 cm³/mol. The number of amides is 1. The van der Waals surface area contributed by atoms with E-state index in [4.69, 9.17) is 32.7 Å². The summed E-state index contributed by atoms with van der Waals surface area (Å²) in [4.78, 5) is 12.7. The lowest BCUT2D eigenvalue weighted by molar-refractivity contribution is 0.102. The van der Waals surface area contributed by atoms with Crippen LogP contribution in [0, 0.1) is 0 Å². The van der Waals surface area contributed by atoms with Gasteiger partial charge in [-0.25, -0.2) is 13.1 Å². The molecule has 0 aromatic heterocycles. The molecule has 1 amide bonds. The fraction of sp³-hybridized carbons (Fsp3) is 0.278. The van der Waals surface area contributed by atoms with Crippen molar-refractivity contribution >= 4 is 44.8 Å². The number of carbonyl (C=O) groups is 1. The second-order valence-electron chi connectivity index (χ2n) is 6.12. The van der Waals surface area contributed by atoms with Crippen LogP contribution in [0.2, 0.25) is 10.0 Å². The van der Waals surface area contributed by atoms with E-state index in [1.54, 1.807) is 12.1 Å². The first-order valence-corrected chi connectivity index (χ1v) is 10.6. The number of ether oxygens (including phenoxy) is 2. The highest BCUT2D eigenvalue weighted by Gasteiger charge is 2.25. The maximum absolute atomic E-state index is 12.8. The van der Waals surface area contributed by atoms with Gasteiger partial charge in [0.2, 0.25) is 10.0 Å². The monoisotopic (exact) mass is 444 g/mol. The average molecular weight is 445 g/mol. The second-order valence-corrected chi connectivity index (χ2v) is 8.68. The van der Waals surface area contributed by atoms with E-state index in [2.05, 4.69) is 10.0 Å². The summed E-state index contributed by atoms with van der Waals surface area (Å²) < 4.78 is 38.3. The summed E-state index contributed by atoms with van der Waals surface area (Å²) in [6.07, 6.45) is 0.593. The lowest BCUT2D eigenvalue weighted by atomic mass is 10.2. The zero-order valence-electron chi connectivity index (χ0n) is 14.9. The lowest BCUT2D eigenvalue weighted by Gasteiger charge is -2.14. The third-order valence-electron chi connectivity index (χ3n) is 4.15. The van der Waals surface area contributed by atoms with Crippen LogP contribution in [0.4, 0.5) is 5.69 Å². The SMILES string of the molecule is COc1ccc(S(=O)(=O)N[C@H]2CCOC2)cc1C(=O)Nc1cc(Cl)ccc1Cl. The number of methoxy groups -OCH3 is 1. The normalized spacial score (nSPS) is 16.8. The Morgan fingerprint density at radius 2 is 2.00 bits per heavy atom. The molecule has 1 fully saturated rings. The van der Waals surface area contributed by atoms with Gasteiger partial charge in [0, 0.05) is 17.7 Å². The van der Waals surface area contributed by atoms with E-state index in [0.29, 0.717) is 35.4 Å². The molecule has 1 aliphatic rings. The van der Waals surface area contributed by atoms with Crippen LogP contribution in [0.5, 0.6) is 5.75 Å². The van der Waals surface area contributed by atoms with Gasteiger partial charge in [-0.05, 0) is 42.8 Å². The van der Waals surface area contributed by atoms with Crippen LogP contribution in [0.25, 0.3) is 0 Å². The van der Waals surface area contributed by atoms with Crippen molar-refractivity contribution in [2.45, 2.75) is 17.4 Å². The van der Waals surface area contributed by atoms with Crippen LogP contribution in [-0.2, 0) is 14.8 Å². The van der Waals surface area contributed by atoms with Gasteiger partial charge >= 0.3 is 0 Å². The van der Waals surface area contributed by atoms with Crippen LogP contribution in [0.15, 0.2) is 41.3 Å². The first-order valence-electron chi connectivity index (χ1n) is 8.34. The Labute approximate surface area is 173 Å². The summed E-state index contributed by atoms with van der Waals surface area (Å²) in [5, 5.41) is 3.31. The number of anilines is 1. The standard InChI is InChI=1S/C18H18Cl2N2O5S/c1-26-17-5-3-13(28(24,25)22-12-6-7-27-10-12)9-14(17)18(23)21-16-8-11(19)2-4-15(16)20/h2-5,8-9,12,22H,6-7,10H2,1H3,(H,21,23)/t12-/m0/s1. The summed E-state index contributed by atoms with van der Waals surface area (Å²) in [6, 6.07) is 8.39. The number of hydrogen-bond donors (Lipinski definition) is 2. The zero-order valence-corrected chi connectivity index (χ0v) is 17.2. The minimum atomic E-state index is -3.83. The van der Waals surface area contributed by atoms with E-state index in [0.717, 1.165) is 0 Å². The van der Waals surface area contributed by atoms with E-state index in [1.807, 2.05) is 0 Å². The molecule has 0 aliphatic carbocycles. The van der Waals surface area contributed by atoms with Gasteiger partial charge < -0.3 is 14.8 Å². The van der Waals surface area contributed by atoms with Crippen LogP contribution >= 0.6 is 23.2 Å². The Kier molecular flexibility index (Phi) is 6.47. The molecule has 10 heteroatoms. The topological polar surface area (TPSA) is 93.7 Å². The summed E-state index contributed by atoms with van der Waals surface area (Å²) >= 11 is 12.0. The summed E-state index contributed by atoms with van der Waals surface area (Å²) in [5.74, 6) is -0.360. The van der Waals surface area contributed by atoms with Gasteiger partial charge in [-0.1, -0.05) is 23.2 Å². The number of rotatable bonds is 6. The number of nitrogens with one attached hydrogen (secondary N) is 2. The van der Waals surface area contributed by atoms with Crippen molar-refractivity contribution in [3.05, 3.63) is 52.0 Å². The second kappa shape index (κ2) is 8.67. The summed E-state index contributed by atoms with van der Waals surface area (Å²) in [5.41, 5.74) is 0.347. The summed E-state index contributed by atoms with van der Waals surface area (Å²) in [7, 11) is -2.44. The molecule has 1 heterocycles. The van der Waals surface area contributed by atoms with Gasteiger partial charge in [0.25, 0.3) is 5.91 Å². The number of hydrogen-bond acceptors (Lipinski definition) is 5. The molecule has 3 rings (SSSR count). The molecule has 2 aromatic rings. The number of sulfonamides is 1. The summed E-state index contributed by atoms with van der Waals surface area (Å²) in [6.45, 7) is 0.819. The molecule has 1 atom stereocenters. The van der Waals surface area contributed by atoms with Crippen molar-refractivity contribution in [1.82, 2.24) is 4.72 Å². The molecule has 7 nitrogen and oxygen atoms in total. The molecule has 28 heavy (non-hydrogen) atoms. The average Bonchev–Trinajstić information content (AvgIpc) is 3.16. The fourth-order valence-corrected chi connectivity index (χ4v) is 4.35. The van der Waals surface area contributed by atoms with Crippen molar-refractivity contribution < 1.29 is 22.7 Å². The van der Waals surface area contributed by atoms with Gasteiger partial charge in [-0.3, -0.25) is 4.79 Å². The Hall–Kier alpha value is -1.84. The van der Waals surface area contributed by atoms with Gasteiger partial charge in [-0.2, -0.15) is 0 Å². The lowest BCUT2D eigenvalue weighted by Crippen LogP contribution is -2.35. The largest absolute Gasteiger partial charge is 0.496 e. The van der Waals surface area contributed by atoms with Gasteiger partial charge in [0.1, 0.15) is 5.75 Å². The Morgan fingerprint density at radius 1 is 1.21 bits per heavy atom. The van der Waals surface area contributed by atoms with Gasteiger partial charge in [0.05, 0.1) is 34.9 Å². The van der Waals surface area contributed by atoms with Crippen LogP contribution in [0.3, 0.4) is 0 Å². The minimum absolute atomic E-state index is 0.0455. The Morgan fingerprint density at radius 3 is 2.68 bits per heavy atom. The van der Waals surface area contributed by atoms with Gasteiger partial charge in [-0.15, -0.1) is 0 Å². The highest BCUT2D eigenvalue weighted by Crippen LogP contribution is 2.28. The zero-order chi connectivity index (χ0) is 20.3. The van der Waals surface area contributed by atoms with E-state index >= 15 is 0 Å². The molecule has 150 valence electrons. The van der Waals surface area contributed by atoms with Crippen molar-refractivity contribution in [1.29, 1.82) is 0 Å². The molecular formula is C18H18Cl2N2O5S. The van der Waals surface area contributed by atoms with Crippen LogP contribution < -0.4 is 14.8 Å². The molecule has 1 saturated heterocycles. The van der Waals surface area contributed by atoms with Gasteiger partial charge in [0.15, 0.2) is 0 Å². The number of halogens is 2. The maximum Gasteiger partial charge on any atom is 0.259 e. The molecule has 2 N–H and O–H groups in total. The first kappa shape index (κ1) is 20.9. The molecule has 0 spiro atoms. The van der Waals surface area contributed by atoms with Crippen molar-refractivity contribution in [3.8, 4) is 5.75 Å². The van der Waals surface area contributed by atoms with E-state index in [1.165, 1.54) is 31.4 Å². The molecular weight excluding hydrogens is 427 g/mol.